The molecule has 1 fully saturated rings. The molecule has 1 aromatic rings. The first-order valence-corrected chi connectivity index (χ1v) is 8.22. The highest BCUT2D eigenvalue weighted by molar-refractivity contribution is 5.79. The molecule has 1 aromatic carbocycles. The molecule has 0 spiro atoms. The lowest BCUT2D eigenvalue weighted by molar-refractivity contribution is -0.121. The number of carbonyl (C=O) groups is 1. The van der Waals surface area contributed by atoms with Gasteiger partial charge in [-0.25, -0.2) is 4.39 Å². The number of hydrogen-bond donors (Lipinski definition) is 1. The van der Waals surface area contributed by atoms with Crippen LogP contribution in [0.3, 0.4) is 0 Å². The predicted octanol–water partition coefficient (Wildman–Crippen LogP) is 2.94. The normalized spacial score (nSPS) is 21.3. The second-order valence-electron chi connectivity index (χ2n) is 6.42. The SMILES string of the molecule is COc1ccc(F)cc1CC(=O)NCC1CCCOC1C(C)C. The zero-order chi connectivity index (χ0) is 16.8. The molecule has 1 aliphatic rings. The third kappa shape index (κ3) is 4.93. The third-order valence-corrected chi connectivity index (χ3v) is 4.31. The van der Waals surface area contributed by atoms with Gasteiger partial charge in [-0.1, -0.05) is 13.8 Å². The van der Waals surface area contributed by atoms with E-state index in [1.165, 1.54) is 19.2 Å². The van der Waals surface area contributed by atoms with E-state index in [1.54, 1.807) is 6.07 Å². The Kier molecular flexibility index (Phi) is 6.39. The highest BCUT2D eigenvalue weighted by atomic mass is 19.1. The molecule has 2 atom stereocenters. The number of methoxy groups -OCH3 is 1. The highest BCUT2D eigenvalue weighted by Gasteiger charge is 2.28. The van der Waals surface area contributed by atoms with Gasteiger partial charge in [0.1, 0.15) is 11.6 Å². The van der Waals surface area contributed by atoms with E-state index in [9.17, 15) is 9.18 Å². The van der Waals surface area contributed by atoms with Crippen molar-refractivity contribution in [1.29, 1.82) is 0 Å². The minimum absolute atomic E-state index is 0.112. The summed E-state index contributed by atoms with van der Waals surface area (Å²) in [5.74, 6) is 0.807. The highest BCUT2D eigenvalue weighted by Crippen LogP contribution is 2.26. The summed E-state index contributed by atoms with van der Waals surface area (Å²) < 4.78 is 24.4. The summed E-state index contributed by atoms with van der Waals surface area (Å²) in [6.07, 6.45) is 2.39. The van der Waals surface area contributed by atoms with E-state index in [0.29, 0.717) is 29.7 Å². The molecule has 4 nitrogen and oxygen atoms in total. The van der Waals surface area contributed by atoms with Crippen molar-refractivity contribution in [3.05, 3.63) is 29.6 Å². The molecular weight excluding hydrogens is 297 g/mol. The van der Waals surface area contributed by atoms with Gasteiger partial charge in [0.25, 0.3) is 0 Å². The van der Waals surface area contributed by atoms with E-state index in [2.05, 4.69) is 19.2 Å². The van der Waals surface area contributed by atoms with Crippen LogP contribution in [0.5, 0.6) is 5.75 Å². The molecule has 23 heavy (non-hydrogen) atoms. The van der Waals surface area contributed by atoms with Crippen LogP contribution in [0.25, 0.3) is 0 Å². The first kappa shape index (κ1) is 17.7. The van der Waals surface area contributed by atoms with Gasteiger partial charge in [-0.05, 0) is 37.0 Å². The molecule has 1 heterocycles. The van der Waals surface area contributed by atoms with Gasteiger partial charge in [0, 0.05) is 24.6 Å². The number of ether oxygens (including phenoxy) is 2. The van der Waals surface area contributed by atoms with Crippen molar-refractivity contribution < 1.29 is 18.7 Å². The van der Waals surface area contributed by atoms with Gasteiger partial charge in [-0.15, -0.1) is 0 Å². The zero-order valence-corrected chi connectivity index (χ0v) is 14.1. The summed E-state index contributed by atoms with van der Waals surface area (Å²) in [5.41, 5.74) is 0.560. The molecule has 1 amide bonds. The maximum Gasteiger partial charge on any atom is 0.224 e. The standard InChI is InChI=1S/C18H26FNO3/c1-12(2)18-13(5-4-8-23-18)11-20-17(21)10-14-9-15(19)6-7-16(14)22-3/h6-7,9,12-13,18H,4-5,8,10-11H2,1-3H3,(H,20,21). The fraction of sp³-hybridized carbons (Fsp3) is 0.611. The number of halogens is 1. The number of nitrogens with one attached hydrogen (secondary N) is 1. The molecule has 1 saturated heterocycles. The lowest BCUT2D eigenvalue weighted by Gasteiger charge is -2.34. The van der Waals surface area contributed by atoms with Crippen molar-refractivity contribution in [3.63, 3.8) is 0 Å². The number of benzene rings is 1. The average molecular weight is 323 g/mol. The monoisotopic (exact) mass is 323 g/mol. The Labute approximate surface area is 137 Å². The molecular formula is C18H26FNO3. The fourth-order valence-corrected chi connectivity index (χ4v) is 3.19. The molecule has 2 rings (SSSR count). The molecule has 5 heteroatoms. The first-order valence-electron chi connectivity index (χ1n) is 8.22. The van der Waals surface area contributed by atoms with E-state index in [4.69, 9.17) is 9.47 Å². The van der Waals surface area contributed by atoms with Crippen molar-refractivity contribution in [1.82, 2.24) is 5.32 Å². The Balaban J connectivity index is 1.91. The van der Waals surface area contributed by atoms with Crippen LogP contribution in [-0.2, 0) is 16.0 Å². The van der Waals surface area contributed by atoms with Crippen LogP contribution in [0.4, 0.5) is 4.39 Å². The second-order valence-corrected chi connectivity index (χ2v) is 6.42. The van der Waals surface area contributed by atoms with Gasteiger partial charge < -0.3 is 14.8 Å². The fourth-order valence-electron chi connectivity index (χ4n) is 3.19. The smallest absolute Gasteiger partial charge is 0.224 e. The Bertz CT molecular complexity index is 533. The van der Waals surface area contributed by atoms with Crippen molar-refractivity contribution in [2.24, 2.45) is 11.8 Å². The molecule has 0 aromatic heterocycles. The van der Waals surface area contributed by atoms with Crippen LogP contribution in [0.15, 0.2) is 18.2 Å². The maximum atomic E-state index is 13.3. The van der Waals surface area contributed by atoms with Crippen molar-refractivity contribution in [3.8, 4) is 5.75 Å². The Morgan fingerprint density at radius 3 is 2.96 bits per heavy atom. The van der Waals surface area contributed by atoms with Crippen LogP contribution >= 0.6 is 0 Å². The van der Waals surface area contributed by atoms with Gasteiger partial charge in [-0.3, -0.25) is 4.79 Å². The van der Waals surface area contributed by atoms with E-state index < -0.39 is 0 Å². The Hall–Kier alpha value is -1.62. The van der Waals surface area contributed by atoms with Gasteiger partial charge >= 0.3 is 0 Å². The minimum Gasteiger partial charge on any atom is -0.496 e. The quantitative estimate of drug-likeness (QED) is 0.875. The van der Waals surface area contributed by atoms with E-state index in [1.807, 2.05) is 0 Å². The molecule has 0 aliphatic carbocycles. The number of amides is 1. The molecule has 1 N–H and O–H groups in total. The molecule has 0 radical (unpaired) electrons. The van der Waals surface area contributed by atoms with Gasteiger partial charge in [0.05, 0.1) is 19.6 Å². The summed E-state index contributed by atoms with van der Waals surface area (Å²) in [7, 11) is 1.52. The van der Waals surface area contributed by atoms with Gasteiger partial charge in [0.2, 0.25) is 5.91 Å². The topological polar surface area (TPSA) is 47.6 Å². The van der Waals surface area contributed by atoms with Crippen LogP contribution in [0.1, 0.15) is 32.3 Å². The number of rotatable bonds is 6. The van der Waals surface area contributed by atoms with E-state index >= 15 is 0 Å². The Morgan fingerprint density at radius 1 is 1.48 bits per heavy atom. The molecule has 0 saturated carbocycles. The van der Waals surface area contributed by atoms with Crippen LogP contribution in [0.2, 0.25) is 0 Å². The summed E-state index contributed by atoms with van der Waals surface area (Å²) in [6, 6.07) is 4.22. The first-order chi connectivity index (χ1) is 11.0. The van der Waals surface area contributed by atoms with Crippen LogP contribution in [-0.4, -0.2) is 32.3 Å². The predicted molar refractivity (Wildman–Crippen MR) is 87.0 cm³/mol. The van der Waals surface area contributed by atoms with Gasteiger partial charge in [0.15, 0.2) is 0 Å². The molecule has 0 bridgehead atoms. The second kappa shape index (κ2) is 8.29. The third-order valence-electron chi connectivity index (χ3n) is 4.31. The van der Waals surface area contributed by atoms with E-state index in [-0.39, 0.29) is 24.2 Å². The minimum atomic E-state index is -0.367. The summed E-state index contributed by atoms with van der Waals surface area (Å²) in [4.78, 5) is 12.2. The van der Waals surface area contributed by atoms with Gasteiger partial charge in [-0.2, -0.15) is 0 Å². The van der Waals surface area contributed by atoms with Crippen LogP contribution in [0, 0.1) is 17.7 Å². The van der Waals surface area contributed by atoms with Crippen LogP contribution < -0.4 is 10.1 Å². The lowest BCUT2D eigenvalue weighted by Crippen LogP contribution is -2.41. The summed E-state index contributed by atoms with van der Waals surface area (Å²) in [6.45, 7) is 5.68. The molecule has 1 aliphatic heterocycles. The summed E-state index contributed by atoms with van der Waals surface area (Å²) in [5, 5.41) is 2.96. The zero-order valence-electron chi connectivity index (χ0n) is 14.1. The van der Waals surface area contributed by atoms with Crippen molar-refractivity contribution in [2.75, 3.05) is 20.3 Å². The average Bonchev–Trinajstić information content (AvgIpc) is 2.53. The number of hydrogen-bond acceptors (Lipinski definition) is 3. The lowest BCUT2D eigenvalue weighted by atomic mass is 9.87. The largest absolute Gasteiger partial charge is 0.496 e. The maximum absolute atomic E-state index is 13.3. The molecule has 2 unspecified atom stereocenters. The van der Waals surface area contributed by atoms with E-state index in [0.717, 1.165) is 19.4 Å². The van der Waals surface area contributed by atoms with Crippen molar-refractivity contribution >= 4 is 5.91 Å². The number of carbonyl (C=O) groups excluding carboxylic acids is 1. The van der Waals surface area contributed by atoms with Crippen molar-refractivity contribution in [2.45, 2.75) is 39.2 Å². The Morgan fingerprint density at radius 2 is 2.26 bits per heavy atom. The molecule has 128 valence electrons. The summed E-state index contributed by atoms with van der Waals surface area (Å²) >= 11 is 0.